The molecule has 1 atom stereocenters. The Morgan fingerprint density at radius 3 is 2.75 bits per heavy atom. The first kappa shape index (κ1) is 21.6. The molecule has 3 aromatic heterocycles. The number of aryl methyl sites for hydroxylation is 1. The SMILES string of the molecule is Cn1cc(C(C)(CNC(=O)c2cc(-c3ccc(F)cc3F)on2)c2cc(Cl)ccn2)cn1. The zero-order chi connectivity index (χ0) is 22.9. The van der Waals surface area contributed by atoms with E-state index in [-0.39, 0.29) is 23.6 Å². The topological polar surface area (TPSA) is 85.8 Å². The van der Waals surface area contributed by atoms with Crippen molar-refractivity contribution in [3.05, 3.63) is 88.6 Å². The Morgan fingerprint density at radius 2 is 2.06 bits per heavy atom. The van der Waals surface area contributed by atoms with Gasteiger partial charge < -0.3 is 9.84 Å². The van der Waals surface area contributed by atoms with Crippen molar-refractivity contribution in [1.29, 1.82) is 0 Å². The van der Waals surface area contributed by atoms with Gasteiger partial charge in [0.25, 0.3) is 5.91 Å². The van der Waals surface area contributed by atoms with E-state index in [9.17, 15) is 13.6 Å². The van der Waals surface area contributed by atoms with Crippen molar-refractivity contribution in [2.75, 3.05) is 6.54 Å². The highest BCUT2D eigenvalue weighted by molar-refractivity contribution is 6.30. The van der Waals surface area contributed by atoms with Crippen molar-refractivity contribution >= 4 is 17.5 Å². The maximum Gasteiger partial charge on any atom is 0.273 e. The maximum atomic E-state index is 14.0. The van der Waals surface area contributed by atoms with E-state index in [2.05, 4.69) is 20.6 Å². The second-order valence-electron chi connectivity index (χ2n) is 7.48. The molecule has 1 amide bonds. The van der Waals surface area contributed by atoms with Gasteiger partial charge in [0.1, 0.15) is 11.6 Å². The van der Waals surface area contributed by atoms with Gasteiger partial charge >= 0.3 is 0 Å². The molecule has 4 rings (SSSR count). The van der Waals surface area contributed by atoms with E-state index in [4.69, 9.17) is 16.1 Å². The van der Waals surface area contributed by atoms with Crippen molar-refractivity contribution in [2.45, 2.75) is 12.3 Å². The number of pyridine rings is 1. The number of nitrogens with zero attached hydrogens (tertiary/aromatic N) is 4. The van der Waals surface area contributed by atoms with Gasteiger partial charge in [-0.05, 0) is 31.2 Å². The van der Waals surface area contributed by atoms with Gasteiger partial charge in [0.15, 0.2) is 11.5 Å². The first-order chi connectivity index (χ1) is 15.3. The molecule has 0 aliphatic rings. The van der Waals surface area contributed by atoms with E-state index in [0.717, 1.165) is 17.7 Å². The van der Waals surface area contributed by atoms with E-state index in [1.54, 1.807) is 36.3 Å². The molecule has 1 N–H and O–H groups in total. The fraction of sp³-hybridized carbons (Fsp3) is 0.182. The lowest BCUT2D eigenvalue weighted by Gasteiger charge is -2.28. The van der Waals surface area contributed by atoms with E-state index in [1.807, 2.05) is 13.1 Å². The van der Waals surface area contributed by atoms with Crippen LogP contribution in [0, 0.1) is 11.6 Å². The van der Waals surface area contributed by atoms with Crippen LogP contribution in [0.3, 0.4) is 0 Å². The van der Waals surface area contributed by atoms with E-state index in [1.165, 1.54) is 12.1 Å². The molecule has 32 heavy (non-hydrogen) atoms. The number of rotatable bonds is 6. The molecule has 0 saturated heterocycles. The van der Waals surface area contributed by atoms with Crippen LogP contribution in [0.1, 0.15) is 28.7 Å². The predicted octanol–water partition coefficient (Wildman–Crippen LogP) is 4.14. The third-order valence-electron chi connectivity index (χ3n) is 5.17. The lowest BCUT2D eigenvalue weighted by Crippen LogP contribution is -2.40. The van der Waals surface area contributed by atoms with E-state index in [0.29, 0.717) is 10.7 Å². The monoisotopic (exact) mass is 457 g/mol. The molecule has 1 unspecified atom stereocenters. The van der Waals surface area contributed by atoms with Gasteiger partial charge in [-0.1, -0.05) is 16.8 Å². The normalized spacial score (nSPS) is 13.0. The number of halogens is 3. The Balaban J connectivity index is 1.58. The highest BCUT2D eigenvalue weighted by Gasteiger charge is 2.33. The second-order valence-corrected chi connectivity index (χ2v) is 7.91. The molecule has 0 fully saturated rings. The van der Waals surface area contributed by atoms with Gasteiger partial charge in [0.2, 0.25) is 0 Å². The second kappa shape index (κ2) is 8.51. The molecule has 0 bridgehead atoms. The first-order valence-corrected chi connectivity index (χ1v) is 9.95. The fourth-order valence-electron chi connectivity index (χ4n) is 3.30. The molecule has 0 aliphatic heterocycles. The Kier molecular flexibility index (Phi) is 5.75. The minimum absolute atomic E-state index is 0.00118. The Bertz CT molecular complexity index is 1290. The Hall–Kier alpha value is -3.59. The van der Waals surface area contributed by atoms with E-state index < -0.39 is 23.0 Å². The molecule has 7 nitrogen and oxygen atoms in total. The third kappa shape index (κ3) is 4.24. The van der Waals surface area contributed by atoms with Gasteiger partial charge in [-0.15, -0.1) is 0 Å². The summed E-state index contributed by atoms with van der Waals surface area (Å²) >= 11 is 6.16. The van der Waals surface area contributed by atoms with Crippen molar-refractivity contribution in [1.82, 2.24) is 25.2 Å². The quantitative estimate of drug-likeness (QED) is 0.470. The zero-order valence-electron chi connectivity index (χ0n) is 17.1. The number of carbonyl (C=O) groups is 1. The van der Waals surface area contributed by atoms with E-state index >= 15 is 0 Å². The average Bonchev–Trinajstić information content (AvgIpc) is 3.41. The van der Waals surface area contributed by atoms with Crippen LogP contribution >= 0.6 is 11.6 Å². The molecule has 3 heterocycles. The molecular formula is C22H18ClF2N5O2. The summed E-state index contributed by atoms with van der Waals surface area (Å²) in [5, 5.41) is 11.3. The van der Waals surface area contributed by atoms with Crippen LogP contribution in [0.5, 0.6) is 0 Å². The number of nitrogens with one attached hydrogen (secondary N) is 1. The summed E-state index contributed by atoms with van der Waals surface area (Å²) in [6.45, 7) is 2.06. The third-order valence-corrected chi connectivity index (χ3v) is 5.41. The molecule has 0 radical (unpaired) electrons. The predicted molar refractivity (Wildman–Crippen MR) is 113 cm³/mol. The van der Waals surface area contributed by atoms with Crippen LogP contribution in [-0.2, 0) is 12.5 Å². The summed E-state index contributed by atoms with van der Waals surface area (Å²) in [6.07, 6.45) is 5.12. The lowest BCUT2D eigenvalue weighted by atomic mass is 9.80. The fourth-order valence-corrected chi connectivity index (χ4v) is 3.46. The highest BCUT2D eigenvalue weighted by Crippen LogP contribution is 2.31. The summed E-state index contributed by atoms with van der Waals surface area (Å²) < 4.78 is 33.9. The molecule has 164 valence electrons. The summed E-state index contributed by atoms with van der Waals surface area (Å²) in [6, 6.07) is 7.74. The average molecular weight is 458 g/mol. The molecular weight excluding hydrogens is 440 g/mol. The molecule has 4 aromatic rings. The first-order valence-electron chi connectivity index (χ1n) is 9.58. The van der Waals surface area contributed by atoms with Crippen LogP contribution in [-0.4, -0.2) is 32.4 Å². The Morgan fingerprint density at radius 1 is 1.25 bits per heavy atom. The summed E-state index contributed by atoms with van der Waals surface area (Å²) in [5.74, 6) is -2.05. The highest BCUT2D eigenvalue weighted by atomic mass is 35.5. The van der Waals surface area contributed by atoms with Crippen LogP contribution in [0.4, 0.5) is 8.78 Å². The van der Waals surface area contributed by atoms with Crippen molar-refractivity contribution in [2.24, 2.45) is 7.05 Å². The summed E-state index contributed by atoms with van der Waals surface area (Å²) in [4.78, 5) is 17.2. The molecule has 1 aromatic carbocycles. The summed E-state index contributed by atoms with van der Waals surface area (Å²) in [5.41, 5.74) is 0.680. The van der Waals surface area contributed by atoms with Gasteiger partial charge in [-0.3, -0.25) is 14.5 Å². The standard InChI is InChI=1S/C22H18ClF2N5O2/c1-22(13-10-28-30(2)11-13,20-7-14(23)5-6-26-20)12-27-21(31)18-9-19(32-29-18)16-4-3-15(24)8-17(16)25/h3-11H,12H2,1-2H3,(H,27,31). The number of amides is 1. The summed E-state index contributed by atoms with van der Waals surface area (Å²) in [7, 11) is 1.79. The molecule has 0 aliphatic carbocycles. The lowest BCUT2D eigenvalue weighted by molar-refractivity contribution is 0.0938. The number of carbonyl (C=O) groups excluding carboxylic acids is 1. The smallest absolute Gasteiger partial charge is 0.273 e. The number of aromatic nitrogens is 4. The molecule has 0 spiro atoms. The van der Waals surface area contributed by atoms with Crippen molar-refractivity contribution < 1.29 is 18.1 Å². The van der Waals surface area contributed by atoms with Gasteiger partial charge in [-0.2, -0.15) is 5.10 Å². The van der Waals surface area contributed by atoms with Crippen LogP contribution in [0.15, 0.2) is 59.5 Å². The van der Waals surface area contributed by atoms with Gasteiger partial charge in [-0.25, -0.2) is 8.78 Å². The maximum absolute atomic E-state index is 14.0. The zero-order valence-corrected chi connectivity index (χ0v) is 17.9. The van der Waals surface area contributed by atoms with Gasteiger partial charge in [0.05, 0.1) is 22.9 Å². The van der Waals surface area contributed by atoms with Crippen molar-refractivity contribution in [3.8, 4) is 11.3 Å². The van der Waals surface area contributed by atoms with Gasteiger partial charge in [0, 0.05) is 48.7 Å². The number of benzene rings is 1. The van der Waals surface area contributed by atoms with Crippen LogP contribution in [0.25, 0.3) is 11.3 Å². The number of hydrogen-bond donors (Lipinski definition) is 1. The van der Waals surface area contributed by atoms with Crippen LogP contribution in [0.2, 0.25) is 5.02 Å². The largest absolute Gasteiger partial charge is 0.355 e. The molecule has 0 saturated carbocycles. The Labute approximate surface area is 187 Å². The number of hydrogen-bond acceptors (Lipinski definition) is 5. The molecule has 10 heteroatoms. The van der Waals surface area contributed by atoms with Crippen LogP contribution < -0.4 is 5.32 Å². The minimum atomic E-state index is -0.815. The van der Waals surface area contributed by atoms with Crippen molar-refractivity contribution in [3.63, 3.8) is 0 Å². The minimum Gasteiger partial charge on any atom is -0.355 e.